The van der Waals surface area contributed by atoms with Gasteiger partial charge in [0, 0.05) is 19.1 Å². The fourth-order valence-electron chi connectivity index (χ4n) is 3.51. The van der Waals surface area contributed by atoms with Crippen molar-refractivity contribution in [2.45, 2.75) is 25.3 Å². The predicted molar refractivity (Wildman–Crippen MR) is 94.1 cm³/mol. The van der Waals surface area contributed by atoms with E-state index in [9.17, 15) is 9.18 Å². The standard InChI is InChI=1S/C19H26FN3O/c1-22(18-6-10-21-11-7-18)14-19(24)23-12-8-16(9-13-23)15-2-4-17(20)5-3-15/h2-5,8,18,21H,6-7,9-14H2,1H3. The van der Waals surface area contributed by atoms with Crippen molar-refractivity contribution in [3.05, 3.63) is 41.7 Å². The molecule has 24 heavy (non-hydrogen) atoms. The average Bonchev–Trinajstić information content (AvgIpc) is 2.63. The summed E-state index contributed by atoms with van der Waals surface area (Å²) >= 11 is 0. The Kier molecular flexibility index (Phi) is 5.63. The van der Waals surface area contributed by atoms with Crippen LogP contribution in [0.15, 0.2) is 30.3 Å². The van der Waals surface area contributed by atoms with Crippen LogP contribution in [0.2, 0.25) is 0 Å². The summed E-state index contributed by atoms with van der Waals surface area (Å²) in [5.41, 5.74) is 2.25. The van der Waals surface area contributed by atoms with Gasteiger partial charge in [-0.25, -0.2) is 4.39 Å². The fourth-order valence-corrected chi connectivity index (χ4v) is 3.51. The Morgan fingerprint density at radius 1 is 1.29 bits per heavy atom. The summed E-state index contributed by atoms with van der Waals surface area (Å²) in [5, 5.41) is 3.36. The van der Waals surface area contributed by atoms with Crippen LogP contribution in [0.5, 0.6) is 0 Å². The van der Waals surface area contributed by atoms with Gasteiger partial charge in [0.25, 0.3) is 0 Å². The summed E-state index contributed by atoms with van der Waals surface area (Å²) in [5.74, 6) is -0.0154. The zero-order valence-corrected chi connectivity index (χ0v) is 14.3. The number of carbonyl (C=O) groups is 1. The molecule has 1 saturated heterocycles. The summed E-state index contributed by atoms with van der Waals surface area (Å²) in [6, 6.07) is 7.10. The molecule has 0 bridgehead atoms. The zero-order valence-electron chi connectivity index (χ0n) is 14.3. The molecule has 0 aromatic heterocycles. The molecule has 2 heterocycles. The Bertz CT molecular complexity index is 593. The van der Waals surface area contributed by atoms with E-state index in [-0.39, 0.29) is 11.7 Å². The van der Waals surface area contributed by atoms with E-state index < -0.39 is 0 Å². The molecule has 4 nitrogen and oxygen atoms in total. The largest absolute Gasteiger partial charge is 0.338 e. The highest BCUT2D eigenvalue weighted by Gasteiger charge is 2.23. The Morgan fingerprint density at radius 2 is 2.00 bits per heavy atom. The number of carbonyl (C=O) groups excluding carboxylic acids is 1. The maximum atomic E-state index is 13.0. The number of hydrogen-bond donors (Lipinski definition) is 1. The molecule has 1 fully saturated rings. The number of rotatable bonds is 4. The molecule has 0 radical (unpaired) electrons. The Hall–Kier alpha value is -1.72. The van der Waals surface area contributed by atoms with Gasteiger partial charge >= 0.3 is 0 Å². The van der Waals surface area contributed by atoms with Crippen LogP contribution in [-0.2, 0) is 4.79 Å². The van der Waals surface area contributed by atoms with Crippen molar-refractivity contribution in [1.82, 2.24) is 15.1 Å². The highest BCUT2D eigenvalue weighted by Crippen LogP contribution is 2.22. The van der Waals surface area contributed by atoms with Crippen molar-refractivity contribution in [2.24, 2.45) is 0 Å². The van der Waals surface area contributed by atoms with Gasteiger partial charge in [0.2, 0.25) is 5.91 Å². The molecule has 1 aromatic rings. The molecular formula is C19H26FN3O. The second-order valence-corrected chi connectivity index (χ2v) is 6.72. The van der Waals surface area contributed by atoms with Gasteiger partial charge in [0.05, 0.1) is 6.54 Å². The molecule has 1 N–H and O–H groups in total. The number of nitrogens with one attached hydrogen (secondary N) is 1. The first-order chi connectivity index (χ1) is 11.6. The monoisotopic (exact) mass is 331 g/mol. The highest BCUT2D eigenvalue weighted by atomic mass is 19.1. The summed E-state index contributed by atoms with van der Waals surface area (Å²) in [6.07, 6.45) is 5.14. The summed E-state index contributed by atoms with van der Waals surface area (Å²) < 4.78 is 13.0. The summed E-state index contributed by atoms with van der Waals surface area (Å²) in [7, 11) is 2.05. The average molecular weight is 331 g/mol. The van der Waals surface area contributed by atoms with E-state index in [0.29, 0.717) is 19.1 Å². The minimum absolute atomic E-state index is 0.199. The van der Waals surface area contributed by atoms with Crippen LogP contribution in [0.4, 0.5) is 4.39 Å². The lowest BCUT2D eigenvalue weighted by Gasteiger charge is -2.33. The van der Waals surface area contributed by atoms with Crippen LogP contribution in [0, 0.1) is 5.82 Å². The quantitative estimate of drug-likeness (QED) is 0.918. The third-order valence-corrected chi connectivity index (χ3v) is 5.09. The van der Waals surface area contributed by atoms with Crippen LogP contribution in [-0.4, -0.2) is 61.5 Å². The highest BCUT2D eigenvalue weighted by molar-refractivity contribution is 5.80. The van der Waals surface area contributed by atoms with E-state index in [0.717, 1.165) is 44.5 Å². The molecule has 130 valence electrons. The van der Waals surface area contributed by atoms with Gasteiger partial charge in [-0.2, -0.15) is 0 Å². The van der Waals surface area contributed by atoms with Gasteiger partial charge in [-0.05, 0) is 62.7 Å². The molecular weight excluding hydrogens is 305 g/mol. The van der Waals surface area contributed by atoms with Crippen LogP contribution < -0.4 is 5.32 Å². The van der Waals surface area contributed by atoms with Gasteiger partial charge in [-0.15, -0.1) is 0 Å². The SMILES string of the molecule is CN(CC(=O)N1CC=C(c2ccc(F)cc2)CC1)C1CCNCC1. The third kappa shape index (κ3) is 4.22. The number of nitrogens with zero attached hydrogens (tertiary/aromatic N) is 2. The van der Waals surface area contributed by atoms with Crippen LogP contribution in [0.1, 0.15) is 24.8 Å². The molecule has 0 aliphatic carbocycles. The first kappa shape index (κ1) is 17.1. The number of hydrogen-bond acceptors (Lipinski definition) is 3. The molecule has 0 spiro atoms. The number of amides is 1. The topological polar surface area (TPSA) is 35.6 Å². The molecule has 0 atom stereocenters. The molecule has 1 aromatic carbocycles. The Morgan fingerprint density at radius 3 is 2.62 bits per heavy atom. The van der Waals surface area contributed by atoms with Crippen LogP contribution in [0.3, 0.4) is 0 Å². The van der Waals surface area contributed by atoms with Crippen LogP contribution in [0.25, 0.3) is 5.57 Å². The van der Waals surface area contributed by atoms with Crippen molar-refractivity contribution in [3.63, 3.8) is 0 Å². The number of likely N-dealkylation sites (N-methyl/N-ethyl adjacent to an activating group) is 1. The minimum Gasteiger partial charge on any atom is -0.338 e. The molecule has 1 amide bonds. The molecule has 2 aliphatic heterocycles. The van der Waals surface area contributed by atoms with Gasteiger partial charge in [-0.1, -0.05) is 18.2 Å². The van der Waals surface area contributed by atoms with Crippen molar-refractivity contribution in [1.29, 1.82) is 0 Å². The first-order valence-electron chi connectivity index (χ1n) is 8.77. The van der Waals surface area contributed by atoms with Gasteiger partial charge < -0.3 is 10.2 Å². The molecule has 0 saturated carbocycles. The van der Waals surface area contributed by atoms with E-state index in [4.69, 9.17) is 0 Å². The van der Waals surface area contributed by atoms with E-state index in [2.05, 4.69) is 23.3 Å². The fraction of sp³-hybridized carbons (Fsp3) is 0.526. The van der Waals surface area contributed by atoms with Crippen molar-refractivity contribution in [3.8, 4) is 0 Å². The van der Waals surface area contributed by atoms with Crippen molar-refractivity contribution in [2.75, 3.05) is 39.8 Å². The first-order valence-corrected chi connectivity index (χ1v) is 8.77. The van der Waals surface area contributed by atoms with Gasteiger partial charge in [0.1, 0.15) is 5.82 Å². The van der Waals surface area contributed by atoms with Crippen molar-refractivity contribution >= 4 is 11.5 Å². The van der Waals surface area contributed by atoms with Gasteiger partial charge in [-0.3, -0.25) is 9.69 Å². The maximum Gasteiger partial charge on any atom is 0.237 e. The summed E-state index contributed by atoms with van der Waals surface area (Å²) in [6.45, 7) is 3.95. The molecule has 3 rings (SSSR count). The van der Waals surface area contributed by atoms with Gasteiger partial charge in [0.15, 0.2) is 0 Å². The maximum absolute atomic E-state index is 13.0. The minimum atomic E-state index is -0.215. The lowest BCUT2D eigenvalue weighted by atomic mass is 9.99. The Labute approximate surface area is 143 Å². The molecule has 2 aliphatic rings. The van der Waals surface area contributed by atoms with E-state index in [1.807, 2.05) is 17.0 Å². The lowest BCUT2D eigenvalue weighted by molar-refractivity contribution is -0.132. The number of halogens is 1. The number of benzene rings is 1. The molecule has 0 unspecified atom stereocenters. The van der Waals surface area contributed by atoms with E-state index >= 15 is 0 Å². The predicted octanol–water partition coefficient (Wildman–Crippen LogP) is 2.13. The van der Waals surface area contributed by atoms with E-state index in [1.54, 1.807) is 0 Å². The smallest absolute Gasteiger partial charge is 0.237 e. The third-order valence-electron chi connectivity index (χ3n) is 5.09. The number of piperidine rings is 1. The van der Waals surface area contributed by atoms with Crippen LogP contribution >= 0.6 is 0 Å². The normalized spacial score (nSPS) is 19.5. The Balaban J connectivity index is 1.53. The molecule has 5 heteroatoms. The van der Waals surface area contributed by atoms with Crippen molar-refractivity contribution < 1.29 is 9.18 Å². The van der Waals surface area contributed by atoms with E-state index in [1.165, 1.54) is 17.7 Å². The summed E-state index contributed by atoms with van der Waals surface area (Å²) in [4.78, 5) is 16.6. The lowest BCUT2D eigenvalue weighted by Crippen LogP contribution is -2.47. The zero-order chi connectivity index (χ0) is 16.9. The second-order valence-electron chi connectivity index (χ2n) is 6.72. The second kappa shape index (κ2) is 7.90.